The van der Waals surface area contributed by atoms with E-state index in [1.165, 1.54) is 12.6 Å². The third-order valence-electron chi connectivity index (χ3n) is 3.08. The molecule has 0 aliphatic rings. The molecule has 24 heavy (non-hydrogen) atoms. The van der Waals surface area contributed by atoms with E-state index in [0.717, 1.165) is 4.88 Å². The zero-order valence-corrected chi connectivity index (χ0v) is 14.0. The number of nitrogens with zero attached hydrogens (tertiary/aromatic N) is 4. The molecule has 0 aliphatic heterocycles. The van der Waals surface area contributed by atoms with Gasteiger partial charge in [-0.1, -0.05) is 6.07 Å². The first-order valence-corrected chi connectivity index (χ1v) is 8.02. The van der Waals surface area contributed by atoms with Gasteiger partial charge in [0.1, 0.15) is 18.3 Å². The van der Waals surface area contributed by atoms with E-state index in [4.69, 9.17) is 4.42 Å². The lowest BCUT2D eigenvalue weighted by Crippen LogP contribution is -2.29. The average molecular weight is 344 g/mol. The van der Waals surface area contributed by atoms with Gasteiger partial charge >= 0.3 is 6.03 Å². The highest BCUT2D eigenvalue weighted by molar-refractivity contribution is 7.13. The molecule has 2 N–H and O–H groups in total. The predicted octanol–water partition coefficient (Wildman–Crippen LogP) is 2.58. The summed E-state index contributed by atoms with van der Waals surface area (Å²) >= 11 is 1.55. The van der Waals surface area contributed by atoms with Crippen LogP contribution in [0.5, 0.6) is 0 Å². The summed E-state index contributed by atoms with van der Waals surface area (Å²) in [5, 5.41) is 7.41. The van der Waals surface area contributed by atoms with Gasteiger partial charge in [0, 0.05) is 14.1 Å². The van der Waals surface area contributed by atoms with E-state index in [1.807, 2.05) is 31.6 Å². The monoisotopic (exact) mass is 344 g/mol. The topological polar surface area (TPSA) is 96.2 Å². The molecule has 3 rings (SSSR count). The first-order valence-electron chi connectivity index (χ1n) is 7.14. The molecule has 0 unspecified atom stereocenters. The fourth-order valence-corrected chi connectivity index (χ4v) is 2.66. The minimum absolute atomic E-state index is 0.256. The van der Waals surface area contributed by atoms with Gasteiger partial charge in [-0.05, 0) is 11.4 Å². The number of nitrogens with one attached hydrogen (secondary N) is 2. The summed E-state index contributed by atoms with van der Waals surface area (Å²) in [5.41, 5.74) is 1.17. The maximum atomic E-state index is 12.0. The first kappa shape index (κ1) is 15.9. The molecule has 3 aromatic rings. The van der Waals surface area contributed by atoms with Crippen LogP contribution in [0.3, 0.4) is 0 Å². The number of anilines is 2. The smallest absolute Gasteiger partial charge is 0.319 e. The standard InChI is InChI=1S/C15H16N6O2S/c1-21(2)13-11(7-16-9-18-13)20-15(22)17-6-10-8-23-14(19-10)12-4-3-5-24-12/h3-5,7-9H,6H2,1-2H3,(H2,17,20,22). The Morgan fingerprint density at radius 3 is 3.04 bits per heavy atom. The number of oxazole rings is 1. The maximum Gasteiger partial charge on any atom is 0.319 e. The summed E-state index contributed by atoms with van der Waals surface area (Å²) < 4.78 is 5.41. The lowest BCUT2D eigenvalue weighted by molar-refractivity contribution is 0.251. The Kier molecular flexibility index (Phi) is 4.71. The normalized spacial score (nSPS) is 10.4. The number of hydrogen-bond donors (Lipinski definition) is 2. The fourth-order valence-electron chi connectivity index (χ4n) is 2.01. The number of urea groups is 1. The number of rotatable bonds is 5. The molecule has 9 heteroatoms. The van der Waals surface area contributed by atoms with Crippen LogP contribution in [0.1, 0.15) is 5.69 Å². The van der Waals surface area contributed by atoms with Crippen LogP contribution in [0.15, 0.2) is 40.7 Å². The number of carbonyl (C=O) groups excluding carboxylic acids is 1. The van der Waals surface area contributed by atoms with Crippen molar-refractivity contribution in [3.8, 4) is 10.8 Å². The quantitative estimate of drug-likeness (QED) is 0.738. The number of aromatic nitrogens is 3. The van der Waals surface area contributed by atoms with E-state index < -0.39 is 0 Å². The maximum absolute atomic E-state index is 12.0. The molecule has 0 bridgehead atoms. The second-order valence-corrected chi connectivity index (χ2v) is 6.03. The zero-order chi connectivity index (χ0) is 16.9. The fraction of sp³-hybridized carbons (Fsp3) is 0.200. The molecule has 3 heterocycles. The molecule has 0 aromatic carbocycles. The number of hydrogen-bond acceptors (Lipinski definition) is 7. The van der Waals surface area contributed by atoms with Crippen LogP contribution in [-0.2, 0) is 6.54 Å². The van der Waals surface area contributed by atoms with Crippen molar-refractivity contribution in [2.45, 2.75) is 6.54 Å². The van der Waals surface area contributed by atoms with Crippen LogP contribution in [0.4, 0.5) is 16.3 Å². The number of thiophene rings is 1. The lowest BCUT2D eigenvalue weighted by Gasteiger charge is -2.15. The van der Waals surface area contributed by atoms with Gasteiger partial charge in [0.05, 0.1) is 23.3 Å². The number of carbonyl (C=O) groups is 1. The summed E-state index contributed by atoms with van der Waals surface area (Å²) in [5.74, 6) is 1.18. The van der Waals surface area contributed by atoms with Crippen molar-refractivity contribution in [3.05, 3.63) is 42.0 Å². The Labute approximate surface area is 142 Å². The molecule has 0 radical (unpaired) electrons. The molecular weight excluding hydrogens is 328 g/mol. The van der Waals surface area contributed by atoms with Gasteiger partial charge in [0.25, 0.3) is 0 Å². The van der Waals surface area contributed by atoms with Crippen molar-refractivity contribution in [2.75, 3.05) is 24.3 Å². The predicted molar refractivity (Wildman–Crippen MR) is 92.0 cm³/mol. The first-order chi connectivity index (χ1) is 11.6. The van der Waals surface area contributed by atoms with Gasteiger partial charge in [-0.2, -0.15) is 0 Å². The highest BCUT2D eigenvalue weighted by atomic mass is 32.1. The molecule has 0 atom stereocenters. The average Bonchev–Trinajstić information content (AvgIpc) is 3.24. The molecule has 0 aliphatic carbocycles. The van der Waals surface area contributed by atoms with Crippen LogP contribution in [-0.4, -0.2) is 35.1 Å². The van der Waals surface area contributed by atoms with Gasteiger partial charge in [0.2, 0.25) is 5.89 Å². The van der Waals surface area contributed by atoms with Gasteiger partial charge in [-0.3, -0.25) is 0 Å². The van der Waals surface area contributed by atoms with E-state index in [-0.39, 0.29) is 12.6 Å². The Morgan fingerprint density at radius 2 is 2.29 bits per heavy atom. The van der Waals surface area contributed by atoms with Crippen molar-refractivity contribution in [2.24, 2.45) is 0 Å². The van der Waals surface area contributed by atoms with Gasteiger partial charge in [-0.15, -0.1) is 11.3 Å². The van der Waals surface area contributed by atoms with E-state index in [1.54, 1.807) is 22.4 Å². The number of amides is 2. The van der Waals surface area contributed by atoms with Crippen molar-refractivity contribution in [1.29, 1.82) is 0 Å². The van der Waals surface area contributed by atoms with Crippen LogP contribution >= 0.6 is 11.3 Å². The Balaban J connectivity index is 1.58. The molecule has 0 saturated carbocycles. The second kappa shape index (κ2) is 7.09. The third kappa shape index (κ3) is 3.69. The summed E-state index contributed by atoms with van der Waals surface area (Å²) in [6, 6.07) is 3.49. The molecule has 0 spiro atoms. The Bertz CT molecular complexity index is 815. The summed E-state index contributed by atoms with van der Waals surface area (Å²) in [6.45, 7) is 0.256. The van der Waals surface area contributed by atoms with Gasteiger partial charge in [0.15, 0.2) is 5.82 Å². The van der Waals surface area contributed by atoms with E-state index in [0.29, 0.717) is 23.1 Å². The van der Waals surface area contributed by atoms with Crippen molar-refractivity contribution < 1.29 is 9.21 Å². The van der Waals surface area contributed by atoms with E-state index >= 15 is 0 Å². The van der Waals surface area contributed by atoms with Crippen molar-refractivity contribution in [1.82, 2.24) is 20.3 Å². The largest absolute Gasteiger partial charge is 0.443 e. The summed E-state index contributed by atoms with van der Waals surface area (Å²) in [6.07, 6.45) is 4.51. The van der Waals surface area contributed by atoms with Crippen LogP contribution < -0.4 is 15.5 Å². The zero-order valence-electron chi connectivity index (χ0n) is 13.2. The summed E-state index contributed by atoms with van der Waals surface area (Å²) in [4.78, 5) is 27.2. The highest BCUT2D eigenvalue weighted by Crippen LogP contribution is 2.23. The Hall–Kier alpha value is -2.94. The SMILES string of the molecule is CN(C)c1ncncc1NC(=O)NCc1coc(-c2cccs2)n1. The summed E-state index contributed by atoms with van der Waals surface area (Å²) in [7, 11) is 3.68. The second-order valence-electron chi connectivity index (χ2n) is 5.08. The van der Waals surface area contributed by atoms with E-state index in [2.05, 4.69) is 25.6 Å². The molecular formula is C15H16N6O2S. The minimum Gasteiger partial charge on any atom is -0.443 e. The van der Waals surface area contributed by atoms with Crippen LogP contribution in [0, 0.1) is 0 Å². The molecule has 8 nitrogen and oxygen atoms in total. The Morgan fingerprint density at radius 1 is 1.42 bits per heavy atom. The lowest BCUT2D eigenvalue weighted by atomic mass is 10.4. The molecule has 0 fully saturated rings. The minimum atomic E-state index is -0.367. The van der Waals surface area contributed by atoms with Gasteiger partial charge < -0.3 is 20.0 Å². The highest BCUT2D eigenvalue weighted by Gasteiger charge is 2.11. The molecule has 0 saturated heterocycles. The van der Waals surface area contributed by atoms with Gasteiger partial charge in [-0.25, -0.2) is 19.7 Å². The van der Waals surface area contributed by atoms with E-state index in [9.17, 15) is 4.79 Å². The van der Waals surface area contributed by atoms with Crippen LogP contribution in [0.25, 0.3) is 10.8 Å². The van der Waals surface area contributed by atoms with Crippen molar-refractivity contribution >= 4 is 28.9 Å². The van der Waals surface area contributed by atoms with Crippen LogP contribution in [0.2, 0.25) is 0 Å². The van der Waals surface area contributed by atoms with Crippen molar-refractivity contribution in [3.63, 3.8) is 0 Å². The molecule has 3 aromatic heterocycles. The molecule has 2 amide bonds. The molecule has 124 valence electrons. The third-order valence-corrected chi connectivity index (χ3v) is 3.93.